The van der Waals surface area contributed by atoms with Gasteiger partial charge in [0.2, 0.25) is 0 Å². The molecule has 0 spiro atoms. The van der Waals surface area contributed by atoms with Gasteiger partial charge in [-0.05, 0) is 33.6 Å². The second kappa shape index (κ2) is 14.2. The van der Waals surface area contributed by atoms with Crippen molar-refractivity contribution in [3.63, 3.8) is 0 Å². The Morgan fingerprint density at radius 3 is 1.33 bits per heavy atom. The monoisotopic (exact) mass is 614 g/mol. The summed E-state index contributed by atoms with van der Waals surface area (Å²) in [6, 6.07) is 0. The van der Waals surface area contributed by atoms with Gasteiger partial charge in [-0.25, -0.2) is 0 Å². The first-order valence-corrected chi connectivity index (χ1v) is 14.6. The number of aliphatic hydroxyl groups is 10. The highest BCUT2D eigenvalue weighted by Gasteiger charge is 2.58. The standard InChI is InChI=1S/C27H50O15/c1-6-26(4,24-20(36)17(33)16(32)12(8-28)39-24)42-23-14(10-30)40-25(21(37)19(23)35)27(5,7-2)41-22-13(9-29)38-11(3)15(31)18(22)34/h11-25,28-37H,6-10H2,1-5H3. The minimum atomic E-state index is -1.68. The molecule has 0 aromatic heterocycles. The quantitative estimate of drug-likeness (QED) is 0.106. The Kier molecular flexibility index (Phi) is 12.1. The summed E-state index contributed by atoms with van der Waals surface area (Å²) in [5.74, 6) is 0. The van der Waals surface area contributed by atoms with Crippen LogP contribution in [0.2, 0.25) is 0 Å². The molecule has 0 saturated carbocycles. The molecule has 15 nitrogen and oxygen atoms in total. The summed E-state index contributed by atoms with van der Waals surface area (Å²) in [5.41, 5.74) is -2.91. The fourth-order valence-electron chi connectivity index (χ4n) is 6.09. The van der Waals surface area contributed by atoms with Crippen LogP contribution >= 0.6 is 0 Å². The Labute approximate surface area is 245 Å². The summed E-state index contributed by atoms with van der Waals surface area (Å²) < 4.78 is 29.8. The number of ether oxygens (including phenoxy) is 5. The fourth-order valence-corrected chi connectivity index (χ4v) is 6.09. The molecule has 42 heavy (non-hydrogen) atoms. The molecule has 17 unspecified atom stereocenters. The average molecular weight is 615 g/mol. The maximum atomic E-state index is 11.3. The molecule has 3 aliphatic heterocycles. The molecule has 0 bridgehead atoms. The third kappa shape index (κ3) is 6.66. The van der Waals surface area contributed by atoms with Gasteiger partial charge in [-0.3, -0.25) is 0 Å². The van der Waals surface area contributed by atoms with Crippen LogP contribution in [0.4, 0.5) is 0 Å². The molecule has 10 N–H and O–H groups in total. The molecular weight excluding hydrogens is 564 g/mol. The highest BCUT2D eigenvalue weighted by molar-refractivity contribution is 5.05. The van der Waals surface area contributed by atoms with E-state index in [4.69, 9.17) is 23.7 Å². The predicted molar refractivity (Wildman–Crippen MR) is 142 cm³/mol. The van der Waals surface area contributed by atoms with E-state index >= 15 is 0 Å². The lowest BCUT2D eigenvalue weighted by Crippen LogP contribution is -2.70. The van der Waals surface area contributed by atoms with Crippen molar-refractivity contribution in [1.82, 2.24) is 0 Å². The van der Waals surface area contributed by atoms with E-state index in [0.717, 1.165) is 0 Å². The lowest BCUT2D eigenvalue weighted by Gasteiger charge is -2.53. The van der Waals surface area contributed by atoms with Crippen LogP contribution in [0.15, 0.2) is 0 Å². The van der Waals surface area contributed by atoms with Gasteiger partial charge in [0.05, 0.1) is 37.1 Å². The molecule has 15 heteroatoms. The molecule has 3 rings (SSSR count). The molecular formula is C27H50O15. The van der Waals surface area contributed by atoms with Gasteiger partial charge in [0.15, 0.2) is 0 Å². The molecule has 3 aliphatic rings. The molecule has 3 saturated heterocycles. The van der Waals surface area contributed by atoms with Crippen LogP contribution in [-0.2, 0) is 23.7 Å². The van der Waals surface area contributed by atoms with E-state index in [2.05, 4.69) is 0 Å². The molecule has 17 atom stereocenters. The number of hydrogen-bond acceptors (Lipinski definition) is 15. The van der Waals surface area contributed by atoms with Crippen LogP contribution in [0.5, 0.6) is 0 Å². The van der Waals surface area contributed by atoms with Crippen molar-refractivity contribution in [3.8, 4) is 0 Å². The number of aliphatic hydroxyl groups excluding tert-OH is 10. The summed E-state index contributed by atoms with van der Waals surface area (Å²) in [6.07, 6.45) is -20.2. The van der Waals surface area contributed by atoms with Gasteiger partial charge in [-0.2, -0.15) is 0 Å². The van der Waals surface area contributed by atoms with Crippen LogP contribution in [-0.4, -0.2) is 174 Å². The van der Waals surface area contributed by atoms with Crippen molar-refractivity contribution in [2.45, 2.75) is 150 Å². The Hall–Kier alpha value is -0.600. The normalized spacial score (nSPS) is 47.9. The predicted octanol–water partition coefficient (Wildman–Crippen LogP) is -4.08. The zero-order valence-electron chi connectivity index (χ0n) is 24.7. The molecule has 248 valence electrons. The van der Waals surface area contributed by atoms with Crippen molar-refractivity contribution in [1.29, 1.82) is 0 Å². The highest BCUT2D eigenvalue weighted by atomic mass is 16.6. The van der Waals surface area contributed by atoms with Crippen molar-refractivity contribution in [3.05, 3.63) is 0 Å². The largest absolute Gasteiger partial charge is 0.394 e. The van der Waals surface area contributed by atoms with Gasteiger partial charge in [-0.1, -0.05) is 13.8 Å². The van der Waals surface area contributed by atoms with Crippen LogP contribution in [0.25, 0.3) is 0 Å². The molecule has 0 radical (unpaired) electrons. The van der Waals surface area contributed by atoms with E-state index < -0.39 is 123 Å². The zero-order chi connectivity index (χ0) is 31.7. The highest BCUT2D eigenvalue weighted by Crippen LogP contribution is 2.40. The third-order valence-corrected chi connectivity index (χ3v) is 9.28. The van der Waals surface area contributed by atoms with E-state index in [-0.39, 0.29) is 12.8 Å². The maximum absolute atomic E-state index is 11.3. The lowest BCUT2D eigenvalue weighted by atomic mass is 9.81. The third-order valence-electron chi connectivity index (χ3n) is 9.28. The summed E-state index contributed by atoms with van der Waals surface area (Å²) >= 11 is 0. The summed E-state index contributed by atoms with van der Waals surface area (Å²) in [7, 11) is 0. The van der Waals surface area contributed by atoms with Gasteiger partial charge >= 0.3 is 0 Å². The summed E-state index contributed by atoms with van der Waals surface area (Å²) in [6.45, 7) is 6.13. The Morgan fingerprint density at radius 2 is 0.905 bits per heavy atom. The Bertz CT molecular complexity index is 846. The fraction of sp³-hybridized carbons (Fsp3) is 1.00. The second-order valence-corrected chi connectivity index (χ2v) is 12.0. The van der Waals surface area contributed by atoms with Gasteiger partial charge in [0.25, 0.3) is 0 Å². The first kappa shape index (κ1) is 35.9. The van der Waals surface area contributed by atoms with Crippen LogP contribution in [0, 0.1) is 0 Å². The maximum Gasteiger partial charge on any atom is 0.115 e. The average Bonchev–Trinajstić information content (AvgIpc) is 2.98. The minimum absolute atomic E-state index is 0.134. The van der Waals surface area contributed by atoms with Crippen molar-refractivity contribution >= 4 is 0 Å². The van der Waals surface area contributed by atoms with E-state index in [1.54, 1.807) is 20.8 Å². The SMILES string of the molecule is CCC(C)(OC1C(CO)OC(C(C)(CC)OC2C(CO)OC(C)C(O)C2O)C(O)C1O)C1OC(CO)C(O)C(O)C1O. The van der Waals surface area contributed by atoms with Gasteiger partial charge < -0.3 is 74.7 Å². The van der Waals surface area contributed by atoms with Crippen molar-refractivity contribution in [2.24, 2.45) is 0 Å². The molecule has 0 aliphatic carbocycles. The lowest BCUT2D eigenvalue weighted by molar-refractivity contribution is -0.336. The van der Waals surface area contributed by atoms with Crippen molar-refractivity contribution < 1.29 is 74.7 Å². The van der Waals surface area contributed by atoms with Crippen LogP contribution in [0.1, 0.15) is 47.5 Å². The van der Waals surface area contributed by atoms with Gasteiger partial charge in [0.1, 0.15) is 85.5 Å². The first-order valence-electron chi connectivity index (χ1n) is 14.6. The second-order valence-electron chi connectivity index (χ2n) is 12.0. The van der Waals surface area contributed by atoms with Gasteiger partial charge in [-0.15, -0.1) is 0 Å². The summed E-state index contributed by atoms with van der Waals surface area (Å²) in [5, 5.41) is 105. The zero-order valence-corrected chi connectivity index (χ0v) is 24.7. The minimum Gasteiger partial charge on any atom is -0.394 e. The van der Waals surface area contributed by atoms with Crippen molar-refractivity contribution in [2.75, 3.05) is 19.8 Å². The smallest absolute Gasteiger partial charge is 0.115 e. The number of hydrogen-bond donors (Lipinski definition) is 10. The van der Waals surface area contributed by atoms with Crippen LogP contribution < -0.4 is 0 Å². The van der Waals surface area contributed by atoms with E-state index in [9.17, 15) is 51.1 Å². The Balaban J connectivity index is 1.86. The Morgan fingerprint density at radius 1 is 0.524 bits per heavy atom. The van der Waals surface area contributed by atoms with Gasteiger partial charge in [0, 0.05) is 0 Å². The molecule has 3 heterocycles. The van der Waals surface area contributed by atoms with E-state index in [0.29, 0.717) is 0 Å². The molecule has 0 aromatic rings. The topological polar surface area (TPSA) is 248 Å². The molecule has 0 aromatic carbocycles. The first-order chi connectivity index (χ1) is 19.6. The van der Waals surface area contributed by atoms with Crippen LogP contribution in [0.3, 0.4) is 0 Å². The molecule has 0 amide bonds. The number of rotatable bonds is 11. The van der Waals surface area contributed by atoms with E-state index in [1.165, 1.54) is 13.8 Å². The van der Waals surface area contributed by atoms with E-state index in [1.807, 2.05) is 0 Å². The molecule has 3 fully saturated rings. The summed E-state index contributed by atoms with van der Waals surface area (Å²) in [4.78, 5) is 0.